The number of carbonyl (C=O) groups is 2. The molecule has 7 heteroatoms. The second-order valence-corrected chi connectivity index (χ2v) is 7.67. The summed E-state index contributed by atoms with van der Waals surface area (Å²) >= 11 is 1.35. The molecule has 27 heavy (non-hydrogen) atoms. The highest BCUT2D eigenvalue weighted by Crippen LogP contribution is 2.38. The highest BCUT2D eigenvalue weighted by atomic mass is 32.1. The Labute approximate surface area is 160 Å². The number of aryl methyl sites for hydroxylation is 1. The van der Waals surface area contributed by atoms with Crippen molar-refractivity contribution in [2.24, 2.45) is 5.73 Å². The van der Waals surface area contributed by atoms with Crippen molar-refractivity contribution in [3.8, 4) is 11.3 Å². The largest absolute Gasteiger partial charge is 0.365 e. The molecular formula is C20H19N3O3S. The molecule has 6 nitrogen and oxygen atoms in total. The Kier molecular flexibility index (Phi) is 4.53. The summed E-state index contributed by atoms with van der Waals surface area (Å²) in [6.45, 7) is 2.42. The molecule has 1 aliphatic heterocycles. The van der Waals surface area contributed by atoms with Crippen molar-refractivity contribution >= 4 is 23.2 Å². The summed E-state index contributed by atoms with van der Waals surface area (Å²) in [5.41, 5.74) is 7.28. The third kappa shape index (κ3) is 3.14. The molecule has 1 aromatic carbocycles. The number of aromatic nitrogens is 1. The number of thiophene rings is 1. The minimum atomic E-state index is -0.441. The molecular weight excluding hydrogens is 362 g/mol. The molecule has 0 aliphatic carbocycles. The standard InChI is InChI=1S/C20H19N3O3S/c1-12-17(18(22-26-12)13-6-3-2-4-7-13)20(25)23-11-5-8-14(23)15-9-10-16(27-15)19(21)24/h2-4,6-7,9-10,14H,5,8,11H2,1H3,(H2,21,24)/t14-/m0/s1. The lowest BCUT2D eigenvalue weighted by Crippen LogP contribution is -2.30. The predicted octanol–water partition coefficient (Wildman–Crippen LogP) is 3.79. The van der Waals surface area contributed by atoms with Crippen molar-refractivity contribution in [3.05, 3.63) is 63.5 Å². The van der Waals surface area contributed by atoms with E-state index < -0.39 is 5.91 Å². The quantitative estimate of drug-likeness (QED) is 0.744. The highest BCUT2D eigenvalue weighted by Gasteiger charge is 2.35. The van der Waals surface area contributed by atoms with Crippen molar-refractivity contribution in [2.75, 3.05) is 6.54 Å². The summed E-state index contributed by atoms with van der Waals surface area (Å²) in [5.74, 6) is -0.0268. The van der Waals surface area contributed by atoms with Crippen LogP contribution >= 0.6 is 11.3 Å². The van der Waals surface area contributed by atoms with Crippen LogP contribution in [-0.4, -0.2) is 28.4 Å². The summed E-state index contributed by atoms with van der Waals surface area (Å²) in [5, 5.41) is 4.12. The number of rotatable bonds is 4. The molecule has 0 spiro atoms. The van der Waals surface area contributed by atoms with E-state index in [1.54, 1.807) is 13.0 Å². The third-order valence-corrected chi connectivity index (χ3v) is 6.04. The van der Waals surface area contributed by atoms with Gasteiger partial charge in [0.1, 0.15) is 17.0 Å². The van der Waals surface area contributed by atoms with Crippen LogP contribution in [0.1, 0.15) is 49.6 Å². The van der Waals surface area contributed by atoms with Gasteiger partial charge >= 0.3 is 0 Å². The lowest BCUT2D eigenvalue weighted by atomic mass is 10.0. The Morgan fingerprint density at radius 2 is 2.00 bits per heavy atom. The summed E-state index contributed by atoms with van der Waals surface area (Å²) in [6.07, 6.45) is 1.76. The van der Waals surface area contributed by atoms with Crippen molar-refractivity contribution in [3.63, 3.8) is 0 Å². The number of likely N-dealkylation sites (tertiary alicyclic amines) is 1. The molecule has 1 saturated heterocycles. The van der Waals surface area contributed by atoms with Crippen LogP contribution in [0.5, 0.6) is 0 Å². The Hall–Kier alpha value is -2.93. The number of primary amides is 1. The number of nitrogens with zero attached hydrogens (tertiary/aromatic N) is 2. The zero-order valence-electron chi connectivity index (χ0n) is 14.8. The Morgan fingerprint density at radius 1 is 1.22 bits per heavy atom. The fourth-order valence-corrected chi connectivity index (χ4v) is 4.54. The second kappa shape index (κ2) is 7.00. The molecule has 3 aromatic rings. The fourth-order valence-electron chi connectivity index (χ4n) is 3.53. The average molecular weight is 381 g/mol. The Morgan fingerprint density at radius 3 is 2.70 bits per heavy atom. The van der Waals surface area contributed by atoms with Crippen LogP contribution in [0.3, 0.4) is 0 Å². The van der Waals surface area contributed by atoms with Gasteiger partial charge in [0.15, 0.2) is 0 Å². The van der Waals surface area contributed by atoms with E-state index in [0.29, 0.717) is 28.4 Å². The maximum Gasteiger partial charge on any atom is 0.260 e. The molecule has 1 atom stereocenters. The van der Waals surface area contributed by atoms with Crippen molar-refractivity contribution in [1.82, 2.24) is 10.1 Å². The monoisotopic (exact) mass is 381 g/mol. The van der Waals surface area contributed by atoms with Gasteiger partial charge in [0.2, 0.25) is 0 Å². The summed E-state index contributed by atoms with van der Waals surface area (Å²) in [6, 6.07) is 13.1. The van der Waals surface area contributed by atoms with Gasteiger partial charge in [0, 0.05) is 17.0 Å². The third-order valence-electron chi connectivity index (χ3n) is 4.84. The molecule has 2 N–H and O–H groups in total. The molecule has 4 rings (SSSR count). The predicted molar refractivity (Wildman–Crippen MR) is 103 cm³/mol. The van der Waals surface area contributed by atoms with Gasteiger partial charge in [0.25, 0.3) is 11.8 Å². The van der Waals surface area contributed by atoms with Crippen LogP contribution in [0, 0.1) is 6.92 Å². The summed E-state index contributed by atoms with van der Waals surface area (Å²) in [7, 11) is 0. The lowest BCUT2D eigenvalue weighted by molar-refractivity contribution is 0.0736. The Balaban J connectivity index is 1.68. The van der Waals surface area contributed by atoms with Crippen LogP contribution in [0.4, 0.5) is 0 Å². The lowest BCUT2D eigenvalue weighted by Gasteiger charge is -2.24. The molecule has 0 radical (unpaired) electrons. The molecule has 0 saturated carbocycles. The van der Waals surface area contributed by atoms with Crippen LogP contribution in [0.2, 0.25) is 0 Å². The maximum absolute atomic E-state index is 13.4. The van der Waals surface area contributed by atoms with Gasteiger partial charge in [-0.25, -0.2) is 0 Å². The SMILES string of the molecule is Cc1onc(-c2ccccc2)c1C(=O)N1CCC[C@H]1c1ccc(C(N)=O)s1. The van der Waals surface area contributed by atoms with Gasteiger partial charge in [-0.2, -0.15) is 0 Å². The van der Waals surface area contributed by atoms with Gasteiger partial charge in [0.05, 0.1) is 10.9 Å². The number of benzene rings is 1. The number of hydrogen-bond acceptors (Lipinski definition) is 5. The van der Waals surface area contributed by atoms with Gasteiger partial charge in [-0.1, -0.05) is 35.5 Å². The van der Waals surface area contributed by atoms with Gasteiger partial charge in [-0.05, 0) is 31.9 Å². The molecule has 1 fully saturated rings. The van der Waals surface area contributed by atoms with Crippen molar-refractivity contribution in [1.29, 1.82) is 0 Å². The molecule has 0 unspecified atom stereocenters. The first-order chi connectivity index (χ1) is 13.1. The van der Waals surface area contributed by atoms with Gasteiger partial charge < -0.3 is 15.2 Å². The number of amides is 2. The molecule has 0 bridgehead atoms. The van der Waals surface area contributed by atoms with Crippen LogP contribution in [0.25, 0.3) is 11.3 Å². The normalized spacial score (nSPS) is 16.6. The van der Waals surface area contributed by atoms with E-state index in [1.165, 1.54) is 11.3 Å². The van der Waals surface area contributed by atoms with Gasteiger partial charge in [-0.15, -0.1) is 11.3 Å². The van der Waals surface area contributed by atoms with Gasteiger partial charge in [-0.3, -0.25) is 9.59 Å². The summed E-state index contributed by atoms with van der Waals surface area (Å²) in [4.78, 5) is 28.1. The van der Waals surface area contributed by atoms with Crippen molar-refractivity contribution < 1.29 is 14.1 Å². The zero-order valence-corrected chi connectivity index (χ0v) is 15.7. The first-order valence-corrected chi connectivity index (χ1v) is 9.60. The summed E-state index contributed by atoms with van der Waals surface area (Å²) < 4.78 is 5.35. The molecule has 138 valence electrons. The fraction of sp³-hybridized carbons (Fsp3) is 0.250. The molecule has 2 aromatic heterocycles. The van der Waals surface area contributed by atoms with E-state index in [4.69, 9.17) is 10.3 Å². The molecule has 1 aliphatic rings. The van der Waals surface area contributed by atoms with E-state index in [1.807, 2.05) is 41.3 Å². The van der Waals surface area contributed by atoms with E-state index >= 15 is 0 Å². The average Bonchev–Trinajstić information content (AvgIpc) is 3.40. The molecule has 2 amide bonds. The zero-order chi connectivity index (χ0) is 19.0. The molecule has 3 heterocycles. The minimum Gasteiger partial charge on any atom is -0.365 e. The smallest absolute Gasteiger partial charge is 0.260 e. The first-order valence-electron chi connectivity index (χ1n) is 8.78. The number of hydrogen-bond donors (Lipinski definition) is 1. The Bertz CT molecular complexity index is 993. The van der Waals surface area contributed by atoms with Crippen LogP contribution in [0.15, 0.2) is 47.0 Å². The number of carbonyl (C=O) groups excluding carboxylic acids is 2. The van der Waals surface area contributed by atoms with Crippen LogP contribution in [-0.2, 0) is 0 Å². The van der Waals surface area contributed by atoms with Crippen molar-refractivity contribution in [2.45, 2.75) is 25.8 Å². The minimum absolute atomic E-state index is 0.0616. The van der Waals surface area contributed by atoms with E-state index in [0.717, 1.165) is 23.3 Å². The van der Waals surface area contributed by atoms with E-state index in [2.05, 4.69) is 5.16 Å². The highest BCUT2D eigenvalue weighted by molar-refractivity contribution is 7.14. The van der Waals surface area contributed by atoms with E-state index in [9.17, 15) is 9.59 Å². The topological polar surface area (TPSA) is 89.4 Å². The van der Waals surface area contributed by atoms with E-state index in [-0.39, 0.29) is 11.9 Å². The number of nitrogens with two attached hydrogens (primary N) is 1. The second-order valence-electron chi connectivity index (χ2n) is 6.55. The first kappa shape index (κ1) is 17.5. The maximum atomic E-state index is 13.4. The van der Waals surface area contributed by atoms with Crippen LogP contribution < -0.4 is 5.73 Å².